The molecule has 134 valence electrons. The number of carbonyl (C=O) groups excluding carboxylic acids is 1. The fourth-order valence-corrected chi connectivity index (χ4v) is 3.52. The lowest BCUT2D eigenvalue weighted by molar-refractivity contribution is -0.385. The van der Waals surface area contributed by atoms with Gasteiger partial charge in [-0.25, -0.2) is 4.98 Å². The van der Waals surface area contributed by atoms with E-state index in [1.807, 2.05) is 12.1 Å². The Morgan fingerprint density at radius 2 is 1.92 bits per heavy atom. The molecule has 0 fully saturated rings. The summed E-state index contributed by atoms with van der Waals surface area (Å²) in [7, 11) is 0. The zero-order valence-corrected chi connectivity index (χ0v) is 15.8. The van der Waals surface area contributed by atoms with Crippen molar-refractivity contribution in [3.63, 3.8) is 0 Å². The van der Waals surface area contributed by atoms with Gasteiger partial charge < -0.3 is 0 Å². The van der Waals surface area contributed by atoms with Crippen LogP contribution >= 0.6 is 11.3 Å². The van der Waals surface area contributed by atoms with E-state index in [2.05, 4.69) is 37.1 Å². The molecule has 0 bridgehead atoms. The summed E-state index contributed by atoms with van der Waals surface area (Å²) < 4.78 is 1.01. The van der Waals surface area contributed by atoms with E-state index in [-0.39, 0.29) is 17.0 Å². The minimum Gasteiger partial charge on any atom is -0.298 e. The average molecular weight is 369 g/mol. The van der Waals surface area contributed by atoms with Crippen molar-refractivity contribution in [1.29, 1.82) is 0 Å². The molecule has 0 aliphatic rings. The van der Waals surface area contributed by atoms with Gasteiger partial charge in [0.15, 0.2) is 5.13 Å². The number of hydrogen-bond donors (Lipinski definition) is 1. The van der Waals surface area contributed by atoms with Crippen molar-refractivity contribution in [1.82, 2.24) is 4.98 Å². The smallest absolute Gasteiger partial charge is 0.272 e. The Balaban J connectivity index is 1.85. The Hall–Kier alpha value is -2.80. The number of rotatable bonds is 3. The molecular formula is C19H19N3O3S. The minimum atomic E-state index is -0.461. The molecule has 6 nitrogen and oxygen atoms in total. The van der Waals surface area contributed by atoms with Crippen LogP contribution in [0.1, 0.15) is 42.3 Å². The van der Waals surface area contributed by atoms with Crippen molar-refractivity contribution in [2.75, 3.05) is 5.32 Å². The summed E-state index contributed by atoms with van der Waals surface area (Å²) >= 11 is 1.41. The van der Waals surface area contributed by atoms with E-state index in [1.165, 1.54) is 35.1 Å². The van der Waals surface area contributed by atoms with Crippen LogP contribution in [0.15, 0.2) is 36.4 Å². The number of nitro groups is 1. The number of fused-ring (bicyclic) bond motifs is 1. The zero-order valence-electron chi connectivity index (χ0n) is 15.0. The predicted molar refractivity (Wildman–Crippen MR) is 104 cm³/mol. The monoisotopic (exact) mass is 369 g/mol. The summed E-state index contributed by atoms with van der Waals surface area (Å²) in [6.07, 6.45) is 0. The number of benzene rings is 2. The maximum absolute atomic E-state index is 12.4. The second-order valence-corrected chi connectivity index (χ2v) is 8.19. The summed E-state index contributed by atoms with van der Waals surface area (Å²) in [5.74, 6) is -0.335. The molecule has 26 heavy (non-hydrogen) atoms. The number of thiazole rings is 1. The molecule has 0 aliphatic heterocycles. The highest BCUT2D eigenvalue weighted by Gasteiger charge is 2.17. The number of hydrogen-bond acceptors (Lipinski definition) is 5. The van der Waals surface area contributed by atoms with Crippen LogP contribution < -0.4 is 5.32 Å². The van der Waals surface area contributed by atoms with Crippen molar-refractivity contribution >= 4 is 38.3 Å². The van der Waals surface area contributed by atoms with Gasteiger partial charge in [-0.1, -0.05) is 38.2 Å². The van der Waals surface area contributed by atoms with Crippen LogP contribution in [-0.4, -0.2) is 15.8 Å². The van der Waals surface area contributed by atoms with Gasteiger partial charge in [-0.05, 0) is 42.2 Å². The third-order valence-electron chi connectivity index (χ3n) is 4.13. The number of amides is 1. The highest BCUT2D eigenvalue weighted by molar-refractivity contribution is 7.22. The van der Waals surface area contributed by atoms with E-state index < -0.39 is 4.92 Å². The molecule has 0 saturated heterocycles. The lowest BCUT2D eigenvalue weighted by atomic mass is 9.87. The van der Waals surface area contributed by atoms with E-state index in [1.54, 1.807) is 6.92 Å². The standard InChI is InChI=1S/C19H19N3O3S/c1-11-9-12(5-8-15(11)22(24)25)17(23)21-18-20-14-7-6-13(19(2,3)4)10-16(14)26-18/h5-10H,1-4H3,(H,20,21,23). The van der Waals surface area contributed by atoms with Gasteiger partial charge in [-0.15, -0.1) is 0 Å². The lowest BCUT2D eigenvalue weighted by Crippen LogP contribution is -2.12. The number of nitro benzene ring substituents is 1. The molecule has 7 heteroatoms. The first-order valence-electron chi connectivity index (χ1n) is 8.12. The highest BCUT2D eigenvalue weighted by Crippen LogP contribution is 2.31. The number of anilines is 1. The van der Waals surface area contributed by atoms with Crippen LogP contribution in [0.4, 0.5) is 10.8 Å². The van der Waals surface area contributed by atoms with Crippen molar-refractivity contribution in [3.8, 4) is 0 Å². The van der Waals surface area contributed by atoms with Crippen LogP contribution in [0.2, 0.25) is 0 Å². The SMILES string of the molecule is Cc1cc(C(=O)Nc2nc3ccc(C(C)(C)C)cc3s2)ccc1[N+](=O)[O-]. The summed E-state index contributed by atoms with van der Waals surface area (Å²) in [6, 6.07) is 10.4. The molecule has 0 aliphatic carbocycles. The van der Waals surface area contributed by atoms with E-state index in [0.717, 1.165) is 10.2 Å². The number of nitrogens with one attached hydrogen (secondary N) is 1. The minimum absolute atomic E-state index is 0.00348. The van der Waals surface area contributed by atoms with Crippen molar-refractivity contribution in [3.05, 3.63) is 63.2 Å². The number of carbonyl (C=O) groups is 1. The zero-order chi connectivity index (χ0) is 19.1. The molecule has 0 saturated carbocycles. The molecule has 1 heterocycles. The molecule has 0 spiro atoms. The van der Waals surface area contributed by atoms with Gasteiger partial charge in [0, 0.05) is 17.2 Å². The van der Waals surface area contributed by atoms with Crippen LogP contribution in [-0.2, 0) is 5.41 Å². The first-order valence-corrected chi connectivity index (χ1v) is 8.94. The fraction of sp³-hybridized carbons (Fsp3) is 0.263. The average Bonchev–Trinajstić information content (AvgIpc) is 2.94. The predicted octanol–water partition coefficient (Wildman–Crippen LogP) is 5.06. The topological polar surface area (TPSA) is 85.1 Å². The van der Waals surface area contributed by atoms with Gasteiger partial charge in [0.05, 0.1) is 15.1 Å². The van der Waals surface area contributed by atoms with Gasteiger partial charge in [0.2, 0.25) is 0 Å². The van der Waals surface area contributed by atoms with Crippen molar-refractivity contribution in [2.45, 2.75) is 33.1 Å². The fourth-order valence-electron chi connectivity index (χ4n) is 2.62. The molecule has 3 aromatic rings. The van der Waals surface area contributed by atoms with E-state index in [4.69, 9.17) is 0 Å². The largest absolute Gasteiger partial charge is 0.298 e. The van der Waals surface area contributed by atoms with Gasteiger partial charge in [-0.2, -0.15) is 0 Å². The van der Waals surface area contributed by atoms with E-state index in [9.17, 15) is 14.9 Å². The van der Waals surface area contributed by atoms with Crippen molar-refractivity contribution in [2.24, 2.45) is 0 Å². The van der Waals surface area contributed by atoms with Crippen LogP contribution in [0.5, 0.6) is 0 Å². The number of nitrogens with zero attached hydrogens (tertiary/aromatic N) is 2. The lowest BCUT2D eigenvalue weighted by Gasteiger charge is -2.18. The van der Waals surface area contributed by atoms with Crippen LogP contribution in [0.25, 0.3) is 10.2 Å². The molecule has 1 N–H and O–H groups in total. The van der Waals surface area contributed by atoms with Crippen molar-refractivity contribution < 1.29 is 9.72 Å². The molecule has 0 unspecified atom stereocenters. The Morgan fingerprint density at radius 3 is 2.54 bits per heavy atom. The molecule has 1 amide bonds. The summed E-state index contributed by atoms with van der Waals surface area (Å²) in [6.45, 7) is 8.05. The van der Waals surface area contributed by atoms with Crippen LogP contribution in [0, 0.1) is 17.0 Å². The van der Waals surface area contributed by atoms with Gasteiger partial charge >= 0.3 is 0 Å². The highest BCUT2D eigenvalue weighted by atomic mass is 32.1. The molecule has 1 aromatic heterocycles. The Bertz CT molecular complexity index is 1020. The normalized spacial score (nSPS) is 11.5. The maximum Gasteiger partial charge on any atom is 0.272 e. The molecule has 2 aromatic carbocycles. The number of aromatic nitrogens is 1. The Morgan fingerprint density at radius 1 is 1.19 bits per heavy atom. The summed E-state index contributed by atoms with van der Waals surface area (Å²) in [5.41, 5.74) is 2.88. The molecule has 3 rings (SSSR count). The maximum atomic E-state index is 12.4. The summed E-state index contributed by atoms with van der Waals surface area (Å²) in [5, 5.41) is 14.2. The van der Waals surface area contributed by atoms with E-state index in [0.29, 0.717) is 16.3 Å². The molecular weight excluding hydrogens is 350 g/mol. The van der Waals surface area contributed by atoms with Gasteiger partial charge in [-0.3, -0.25) is 20.2 Å². The Labute approximate surface area is 155 Å². The molecule has 0 radical (unpaired) electrons. The quantitative estimate of drug-likeness (QED) is 0.516. The first kappa shape index (κ1) is 18.0. The second-order valence-electron chi connectivity index (χ2n) is 7.16. The third-order valence-corrected chi connectivity index (χ3v) is 5.06. The second kappa shape index (κ2) is 6.49. The Kier molecular flexibility index (Phi) is 4.50. The third kappa shape index (κ3) is 3.57. The first-order chi connectivity index (χ1) is 12.1. The summed E-state index contributed by atoms with van der Waals surface area (Å²) in [4.78, 5) is 27.3. The van der Waals surface area contributed by atoms with Gasteiger partial charge in [0.1, 0.15) is 0 Å². The number of aryl methyl sites for hydroxylation is 1. The van der Waals surface area contributed by atoms with E-state index >= 15 is 0 Å². The van der Waals surface area contributed by atoms with Gasteiger partial charge in [0.25, 0.3) is 11.6 Å². The van der Waals surface area contributed by atoms with Crippen LogP contribution in [0.3, 0.4) is 0 Å². The molecule has 0 atom stereocenters.